The summed E-state index contributed by atoms with van der Waals surface area (Å²) < 4.78 is 27.8. The monoisotopic (exact) mass is 419 g/mol. The Labute approximate surface area is 134 Å². The number of nitrogens with two attached hydrogens (primary N) is 1. The van der Waals surface area contributed by atoms with Crippen LogP contribution in [-0.2, 0) is 10.0 Å². The molecule has 21 heavy (non-hydrogen) atoms. The topological polar surface area (TPSA) is 115 Å². The zero-order valence-electron chi connectivity index (χ0n) is 10.5. The molecule has 0 bridgehead atoms. The van der Waals surface area contributed by atoms with Crippen LogP contribution in [0.15, 0.2) is 47.4 Å². The molecule has 0 aliphatic carbocycles. The number of sulfonamides is 1. The van der Waals surface area contributed by atoms with Crippen LogP contribution in [0, 0.1) is 13.7 Å². The third-order valence-corrected chi connectivity index (χ3v) is 4.68. The van der Waals surface area contributed by atoms with Crippen molar-refractivity contribution in [1.29, 1.82) is 0 Å². The lowest BCUT2D eigenvalue weighted by Crippen LogP contribution is -2.15. The highest BCUT2D eigenvalue weighted by Gasteiger charge is 2.21. The minimum atomic E-state index is -4.00. The molecule has 0 aliphatic rings. The van der Waals surface area contributed by atoms with Crippen LogP contribution in [0.4, 0.5) is 17.1 Å². The summed E-state index contributed by atoms with van der Waals surface area (Å²) in [5.41, 5.74) is 5.57. The van der Waals surface area contributed by atoms with Crippen LogP contribution in [0.3, 0.4) is 0 Å². The van der Waals surface area contributed by atoms with Gasteiger partial charge in [0.2, 0.25) is 0 Å². The van der Waals surface area contributed by atoms with E-state index in [-0.39, 0.29) is 16.3 Å². The van der Waals surface area contributed by atoms with Crippen molar-refractivity contribution in [3.05, 3.63) is 56.1 Å². The molecule has 0 heterocycles. The van der Waals surface area contributed by atoms with E-state index in [1.165, 1.54) is 6.07 Å². The Morgan fingerprint density at radius 3 is 2.52 bits per heavy atom. The second-order valence-electron chi connectivity index (χ2n) is 4.10. The summed E-state index contributed by atoms with van der Waals surface area (Å²) in [7, 11) is -4.00. The van der Waals surface area contributed by atoms with Gasteiger partial charge in [0.25, 0.3) is 15.7 Å². The molecule has 3 N–H and O–H groups in total. The second-order valence-corrected chi connectivity index (χ2v) is 6.99. The van der Waals surface area contributed by atoms with Gasteiger partial charge in [-0.15, -0.1) is 0 Å². The Hall–Kier alpha value is -1.88. The van der Waals surface area contributed by atoms with Gasteiger partial charge < -0.3 is 5.73 Å². The van der Waals surface area contributed by atoms with Crippen LogP contribution in [0.25, 0.3) is 0 Å². The quantitative estimate of drug-likeness (QED) is 0.342. The van der Waals surface area contributed by atoms with Gasteiger partial charge in [0.1, 0.15) is 4.90 Å². The number of rotatable bonds is 4. The maximum absolute atomic E-state index is 12.3. The molecule has 2 aromatic rings. The van der Waals surface area contributed by atoms with Crippen LogP contribution in [0.5, 0.6) is 0 Å². The molecule has 110 valence electrons. The Morgan fingerprint density at radius 1 is 1.19 bits per heavy atom. The van der Waals surface area contributed by atoms with Crippen molar-refractivity contribution in [2.45, 2.75) is 4.90 Å². The van der Waals surface area contributed by atoms with Crippen molar-refractivity contribution in [2.75, 3.05) is 10.5 Å². The van der Waals surface area contributed by atoms with Crippen molar-refractivity contribution in [3.63, 3.8) is 0 Å². The molecule has 0 spiro atoms. The van der Waals surface area contributed by atoms with Gasteiger partial charge >= 0.3 is 0 Å². The van der Waals surface area contributed by atoms with E-state index < -0.39 is 14.9 Å². The molecule has 0 aromatic heterocycles. The lowest BCUT2D eigenvalue weighted by molar-refractivity contribution is -0.385. The second kappa shape index (κ2) is 5.85. The fraction of sp³-hybridized carbons (Fsp3) is 0. The van der Waals surface area contributed by atoms with Crippen molar-refractivity contribution < 1.29 is 13.3 Å². The number of hydrogen-bond acceptors (Lipinski definition) is 5. The zero-order valence-corrected chi connectivity index (χ0v) is 13.5. The predicted molar refractivity (Wildman–Crippen MR) is 87.5 cm³/mol. The number of nitrogen functional groups attached to an aromatic ring is 1. The number of halogens is 1. The number of anilines is 2. The normalized spacial score (nSPS) is 11.1. The number of hydrogen-bond donors (Lipinski definition) is 2. The number of non-ortho nitro benzene ring substituents is 1. The zero-order chi connectivity index (χ0) is 15.6. The highest BCUT2D eigenvalue weighted by molar-refractivity contribution is 14.1. The number of nitro benzene ring substituents is 1. The summed E-state index contributed by atoms with van der Waals surface area (Å²) in [4.78, 5) is 9.74. The third-order valence-electron chi connectivity index (χ3n) is 2.57. The van der Waals surface area contributed by atoms with Crippen LogP contribution in [-0.4, -0.2) is 13.3 Å². The molecule has 0 saturated carbocycles. The summed E-state index contributed by atoms with van der Waals surface area (Å²) in [6, 6.07) is 9.99. The first-order chi connectivity index (χ1) is 9.79. The molecule has 0 unspecified atom stereocenters. The first-order valence-corrected chi connectivity index (χ1v) is 8.18. The standard InChI is InChI=1S/C12H10IN3O4S/c13-8-2-1-3-9(6-8)15-21(19,20)12-7-10(16(17)18)4-5-11(12)14/h1-7,15H,14H2. The molecule has 0 saturated heterocycles. The number of nitrogens with zero attached hydrogens (tertiary/aromatic N) is 1. The molecule has 2 rings (SSSR count). The van der Waals surface area contributed by atoms with Crippen molar-refractivity contribution in [3.8, 4) is 0 Å². The summed E-state index contributed by atoms with van der Waals surface area (Å²) in [5.74, 6) is 0. The van der Waals surface area contributed by atoms with Gasteiger partial charge in [-0.2, -0.15) is 0 Å². The van der Waals surface area contributed by atoms with Crippen LogP contribution in [0.2, 0.25) is 0 Å². The average Bonchev–Trinajstić information content (AvgIpc) is 2.38. The van der Waals surface area contributed by atoms with Gasteiger partial charge in [-0.3, -0.25) is 14.8 Å². The molecule has 7 nitrogen and oxygen atoms in total. The maximum Gasteiger partial charge on any atom is 0.270 e. The smallest absolute Gasteiger partial charge is 0.270 e. The Bertz CT molecular complexity index is 808. The van der Waals surface area contributed by atoms with E-state index in [0.29, 0.717) is 5.69 Å². The molecule has 0 radical (unpaired) electrons. The van der Waals surface area contributed by atoms with E-state index >= 15 is 0 Å². The number of benzene rings is 2. The maximum atomic E-state index is 12.3. The Balaban J connectivity index is 2.44. The van der Waals surface area contributed by atoms with E-state index in [2.05, 4.69) is 4.72 Å². The molecular weight excluding hydrogens is 409 g/mol. The van der Waals surface area contributed by atoms with Crippen molar-refractivity contribution >= 4 is 49.7 Å². The third kappa shape index (κ3) is 3.61. The summed E-state index contributed by atoms with van der Waals surface area (Å²) in [5, 5.41) is 10.7. The molecule has 2 aromatic carbocycles. The fourth-order valence-electron chi connectivity index (χ4n) is 1.63. The van der Waals surface area contributed by atoms with Gasteiger partial charge in [-0.1, -0.05) is 6.07 Å². The van der Waals surface area contributed by atoms with Crippen LogP contribution >= 0.6 is 22.6 Å². The largest absolute Gasteiger partial charge is 0.398 e. The van der Waals surface area contributed by atoms with Crippen LogP contribution in [0.1, 0.15) is 0 Å². The summed E-state index contributed by atoms with van der Waals surface area (Å²) >= 11 is 2.04. The van der Waals surface area contributed by atoms with Gasteiger partial charge in [-0.25, -0.2) is 8.42 Å². The average molecular weight is 419 g/mol. The Morgan fingerprint density at radius 2 is 1.90 bits per heavy atom. The van der Waals surface area contributed by atoms with Gasteiger partial charge in [-0.05, 0) is 46.9 Å². The first kappa shape index (κ1) is 15.5. The molecule has 9 heteroatoms. The minimum Gasteiger partial charge on any atom is -0.398 e. The van der Waals surface area contributed by atoms with E-state index in [0.717, 1.165) is 15.7 Å². The SMILES string of the molecule is Nc1ccc([N+](=O)[O-])cc1S(=O)(=O)Nc1cccc(I)c1. The predicted octanol–water partition coefficient (Wildman–Crippen LogP) is 2.58. The highest BCUT2D eigenvalue weighted by Crippen LogP contribution is 2.26. The van der Waals surface area contributed by atoms with E-state index in [1.54, 1.807) is 24.3 Å². The lowest BCUT2D eigenvalue weighted by Gasteiger charge is -2.10. The molecular formula is C12H10IN3O4S. The Kier molecular flexibility index (Phi) is 4.32. The van der Waals surface area contributed by atoms with Crippen molar-refractivity contribution in [2.24, 2.45) is 0 Å². The molecule has 0 aliphatic heterocycles. The van der Waals surface area contributed by atoms with Gasteiger partial charge in [0.05, 0.1) is 10.6 Å². The van der Waals surface area contributed by atoms with Gasteiger partial charge in [0, 0.05) is 21.4 Å². The summed E-state index contributed by atoms with van der Waals surface area (Å²) in [6.07, 6.45) is 0. The minimum absolute atomic E-state index is 0.0567. The summed E-state index contributed by atoms with van der Waals surface area (Å²) in [6.45, 7) is 0. The van der Waals surface area contributed by atoms with E-state index in [9.17, 15) is 18.5 Å². The fourth-order valence-corrected chi connectivity index (χ4v) is 3.38. The molecule has 0 fully saturated rings. The number of nitrogens with one attached hydrogen (secondary N) is 1. The lowest BCUT2D eigenvalue weighted by atomic mass is 10.3. The van der Waals surface area contributed by atoms with Crippen LogP contribution < -0.4 is 10.5 Å². The first-order valence-electron chi connectivity index (χ1n) is 5.62. The van der Waals surface area contributed by atoms with E-state index in [4.69, 9.17) is 5.73 Å². The van der Waals surface area contributed by atoms with Crippen molar-refractivity contribution in [1.82, 2.24) is 0 Å². The molecule has 0 atom stereocenters. The van der Waals surface area contributed by atoms with E-state index in [1.807, 2.05) is 22.6 Å². The van der Waals surface area contributed by atoms with Gasteiger partial charge in [0.15, 0.2) is 0 Å². The highest BCUT2D eigenvalue weighted by atomic mass is 127. The number of nitro groups is 1. The molecule has 0 amide bonds.